The number of piperidine rings is 1. The minimum atomic E-state index is 0.545. The monoisotopic (exact) mass is 291 g/mol. The molecular weight excluding hydrogens is 262 g/mol. The lowest BCUT2D eigenvalue weighted by Gasteiger charge is -2.32. The topological polar surface area (TPSA) is 37.4 Å². The molecule has 0 spiro atoms. The van der Waals surface area contributed by atoms with E-state index in [9.17, 15) is 0 Å². The molecule has 0 radical (unpaired) electrons. The second-order valence-electron chi connectivity index (χ2n) is 6.45. The Balaban J connectivity index is 1.87. The quantitative estimate of drug-likeness (QED) is 0.838. The molecule has 0 saturated carbocycles. The third-order valence-electron chi connectivity index (χ3n) is 4.08. The molecule has 1 N–H and O–H groups in total. The van der Waals surface area contributed by atoms with Crippen LogP contribution < -0.4 is 10.1 Å². The van der Waals surface area contributed by atoms with Gasteiger partial charge in [-0.3, -0.25) is 4.98 Å². The Morgan fingerprint density at radius 2 is 2.29 bits per heavy atom. The maximum Gasteiger partial charge on any atom is 0.126 e. The van der Waals surface area contributed by atoms with Gasteiger partial charge in [-0.05, 0) is 45.0 Å². The van der Waals surface area contributed by atoms with Crippen molar-refractivity contribution < 1.29 is 4.74 Å². The van der Waals surface area contributed by atoms with Gasteiger partial charge in [0, 0.05) is 30.5 Å². The fourth-order valence-corrected chi connectivity index (χ4v) is 2.72. The number of hydrogen-bond acceptors (Lipinski definition) is 4. The lowest BCUT2D eigenvalue weighted by molar-refractivity contribution is 0.124. The number of nitrogens with one attached hydrogen (secondary N) is 1. The van der Waals surface area contributed by atoms with Crippen molar-refractivity contribution in [3.63, 3.8) is 0 Å². The molecule has 1 fully saturated rings. The van der Waals surface area contributed by atoms with E-state index in [1.54, 1.807) is 0 Å². The molecule has 0 amide bonds. The average Bonchev–Trinajstić information content (AvgIpc) is 2.47. The largest absolute Gasteiger partial charge is 0.492 e. The third kappa shape index (κ3) is 5.29. The smallest absolute Gasteiger partial charge is 0.126 e. The first kappa shape index (κ1) is 16.2. The van der Waals surface area contributed by atoms with Crippen molar-refractivity contribution >= 4 is 0 Å². The van der Waals surface area contributed by atoms with Gasteiger partial charge in [0.2, 0.25) is 0 Å². The first-order valence-electron chi connectivity index (χ1n) is 8.13. The summed E-state index contributed by atoms with van der Waals surface area (Å²) in [6.45, 7) is 8.23. The van der Waals surface area contributed by atoms with Crippen molar-refractivity contribution in [1.82, 2.24) is 15.2 Å². The summed E-state index contributed by atoms with van der Waals surface area (Å²) >= 11 is 0. The molecule has 1 aliphatic rings. The zero-order valence-electron chi connectivity index (χ0n) is 13.6. The first-order chi connectivity index (χ1) is 10.2. The van der Waals surface area contributed by atoms with Crippen LogP contribution in [0.2, 0.25) is 0 Å². The van der Waals surface area contributed by atoms with Crippen LogP contribution in [0.5, 0.6) is 5.75 Å². The van der Waals surface area contributed by atoms with E-state index >= 15 is 0 Å². The summed E-state index contributed by atoms with van der Waals surface area (Å²) in [5.74, 6) is 1.63. The minimum Gasteiger partial charge on any atom is -0.492 e. The van der Waals surface area contributed by atoms with Crippen molar-refractivity contribution in [2.24, 2.45) is 5.92 Å². The zero-order valence-corrected chi connectivity index (χ0v) is 13.6. The summed E-state index contributed by atoms with van der Waals surface area (Å²) < 4.78 is 6.08. The van der Waals surface area contributed by atoms with Crippen LogP contribution in [0, 0.1) is 5.92 Å². The van der Waals surface area contributed by atoms with Gasteiger partial charge < -0.3 is 15.0 Å². The Kier molecular flexibility index (Phi) is 6.46. The van der Waals surface area contributed by atoms with Crippen LogP contribution in [0.3, 0.4) is 0 Å². The lowest BCUT2D eigenvalue weighted by Crippen LogP contribution is -2.40. The molecule has 1 aromatic rings. The second-order valence-corrected chi connectivity index (χ2v) is 6.45. The van der Waals surface area contributed by atoms with E-state index in [1.807, 2.05) is 18.5 Å². The van der Waals surface area contributed by atoms with Gasteiger partial charge in [0.05, 0.1) is 0 Å². The van der Waals surface area contributed by atoms with Crippen molar-refractivity contribution in [3.05, 3.63) is 24.0 Å². The van der Waals surface area contributed by atoms with Crippen LogP contribution in [0.1, 0.15) is 38.7 Å². The molecule has 21 heavy (non-hydrogen) atoms. The van der Waals surface area contributed by atoms with E-state index < -0.39 is 0 Å². The first-order valence-corrected chi connectivity index (χ1v) is 8.13. The molecule has 4 heteroatoms. The Labute approximate surface area is 128 Å². The molecule has 0 aliphatic carbocycles. The zero-order chi connectivity index (χ0) is 15.1. The van der Waals surface area contributed by atoms with Gasteiger partial charge in [0.15, 0.2) is 0 Å². The number of nitrogens with zero attached hydrogens (tertiary/aromatic N) is 2. The third-order valence-corrected chi connectivity index (χ3v) is 4.08. The van der Waals surface area contributed by atoms with E-state index in [0.717, 1.165) is 31.0 Å². The number of pyridine rings is 1. The molecule has 0 aromatic carbocycles. The lowest BCUT2D eigenvalue weighted by atomic mass is 10.0. The Morgan fingerprint density at radius 1 is 1.43 bits per heavy atom. The summed E-state index contributed by atoms with van der Waals surface area (Å²) in [4.78, 5) is 6.64. The molecule has 1 unspecified atom stereocenters. The number of rotatable bonds is 7. The van der Waals surface area contributed by atoms with Crippen LogP contribution in [0.4, 0.5) is 0 Å². The second kappa shape index (κ2) is 8.35. The van der Waals surface area contributed by atoms with E-state index in [2.05, 4.69) is 36.1 Å². The van der Waals surface area contributed by atoms with Crippen molar-refractivity contribution in [2.45, 2.75) is 45.7 Å². The maximum atomic E-state index is 6.08. The highest BCUT2D eigenvalue weighted by Crippen LogP contribution is 2.20. The minimum absolute atomic E-state index is 0.545. The number of hydrogen-bond donors (Lipinski definition) is 1. The molecule has 1 aliphatic heterocycles. The standard InChI is InChI=1S/C17H29N3O/c1-14(2)10-19-12-15-11-18-8-7-17(15)21-13-16-6-4-5-9-20(16)3/h7-8,11,14,16,19H,4-6,9-10,12-13H2,1-3H3. The molecule has 4 nitrogen and oxygen atoms in total. The van der Waals surface area contributed by atoms with Crippen LogP contribution >= 0.6 is 0 Å². The van der Waals surface area contributed by atoms with Gasteiger partial charge >= 0.3 is 0 Å². The SMILES string of the molecule is CC(C)CNCc1cnccc1OCC1CCCCN1C. The molecule has 1 atom stereocenters. The van der Waals surface area contributed by atoms with E-state index in [1.165, 1.54) is 25.8 Å². The predicted molar refractivity (Wildman–Crippen MR) is 86.5 cm³/mol. The average molecular weight is 291 g/mol. The number of ether oxygens (including phenoxy) is 1. The normalized spacial score (nSPS) is 19.9. The summed E-state index contributed by atoms with van der Waals surface area (Å²) in [7, 11) is 2.20. The van der Waals surface area contributed by atoms with Gasteiger partial charge in [-0.15, -0.1) is 0 Å². The maximum absolute atomic E-state index is 6.08. The summed E-state index contributed by atoms with van der Waals surface area (Å²) in [6, 6.07) is 2.53. The fourth-order valence-electron chi connectivity index (χ4n) is 2.72. The highest BCUT2D eigenvalue weighted by atomic mass is 16.5. The van der Waals surface area contributed by atoms with Gasteiger partial charge in [-0.1, -0.05) is 20.3 Å². The Morgan fingerprint density at radius 3 is 3.05 bits per heavy atom. The van der Waals surface area contributed by atoms with Gasteiger partial charge in [0.1, 0.15) is 12.4 Å². The number of likely N-dealkylation sites (tertiary alicyclic amines) is 1. The van der Waals surface area contributed by atoms with E-state index in [-0.39, 0.29) is 0 Å². The van der Waals surface area contributed by atoms with E-state index in [4.69, 9.17) is 4.74 Å². The molecule has 2 heterocycles. The fraction of sp³-hybridized carbons (Fsp3) is 0.706. The van der Waals surface area contributed by atoms with Gasteiger partial charge in [-0.25, -0.2) is 0 Å². The Hall–Kier alpha value is -1.13. The van der Waals surface area contributed by atoms with Crippen LogP contribution in [0.15, 0.2) is 18.5 Å². The van der Waals surface area contributed by atoms with Crippen LogP contribution in [-0.2, 0) is 6.54 Å². The number of likely N-dealkylation sites (N-methyl/N-ethyl adjacent to an activating group) is 1. The highest BCUT2D eigenvalue weighted by Gasteiger charge is 2.19. The molecule has 1 aromatic heterocycles. The predicted octanol–water partition coefficient (Wildman–Crippen LogP) is 2.69. The summed E-state index contributed by atoms with van der Waals surface area (Å²) in [5, 5.41) is 3.46. The van der Waals surface area contributed by atoms with Crippen molar-refractivity contribution in [2.75, 3.05) is 26.7 Å². The van der Waals surface area contributed by atoms with Crippen LogP contribution in [-0.4, -0.2) is 42.7 Å². The van der Waals surface area contributed by atoms with Gasteiger partial charge in [-0.2, -0.15) is 0 Å². The Bertz CT molecular complexity index is 422. The molecule has 118 valence electrons. The number of aromatic nitrogens is 1. The molecule has 1 saturated heterocycles. The highest BCUT2D eigenvalue weighted by molar-refractivity contribution is 5.30. The van der Waals surface area contributed by atoms with Gasteiger partial charge in [0.25, 0.3) is 0 Å². The summed E-state index contributed by atoms with van der Waals surface area (Å²) in [6.07, 6.45) is 7.59. The molecule has 0 bridgehead atoms. The van der Waals surface area contributed by atoms with Crippen molar-refractivity contribution in [1.29, 1.82) is 0 Å². The molecule has 2 rings (SSSR count). The van der Waals surface area contributed by atoms with Crippen LogP contribution in [0.25, 0.3) is 0 Å². The van der Waals surface area contributed by atoms with Crippen molar-refractivity contribution in [3.8, 4) is 5.75 Å². The molecular formula is C17H29N3O. The van der Waals surface area contributed by atoms with E-state index in [0.29, 0.717) is 12.0 Å². The summed E-state index contributed by atoms with van der Waals surface area (Å²) in [5.41, 5.74) is 1.15.